The Hall–Kier alpha value is -1.86. The summed E-state index contributed by atoms with van der Waals surface area (Å²) in [4.78, 5) is 21.1. The van der Waals surface area contributed by atoms with E-state index in [9.17, 15) is 13.6 Å². The lowest BCUT2D eigenvalue weighted by Gasteiger charge is -2.34. The minimum absolute atomic E-state index is 0.0660. The van der Waals surface area contributed by atoms with Crippen molar-refractivity contribution >= 4 is 17.2 Å². The van der Waals surface area contributed by atoms with Crippen molar-refractivity contribution < 1.29 is 13.6 Å². The number of nitrogens with zero attached hydrogens (tertiary/aromatic N) is 3. The van der Waals surface area contributed by atoms with E-state index in [1.165, 1.54) is 12.1 Å². The second-order valence-electron chi connectivity index (χ2n) is 6.49. The molecule has 0 saturated carbocycles. The number of rotatable bonds is 6. The first-order valence-corrected chi connectivity index (χ1v) is 9.80. The number of benzene rings is 1. The molecule has 1 aromatic heterocycles. The Morgan fingerprint density at radius 2 is 1.96 bits per heavy atom. The molecule has 4 nitrogen and oxygen atoms in total. The summed E-state index contributed by atoms with van der Waals surface area (Å²) < 4.78 is 26.2. The van der Waals surface area contributed by atoms with E-state index in [1.54, 1.807) is 11.3 Å². The first-order valence-electron chi connectivity index (χ1n) is 8.92. The molecule has 0 atom stereocenters. The van der Waals surface area contributed by atoms with Gasteiger partial charge in [-0.15, -0.1) is 11.3 Å². The van der Waals surface area contributed by atoms with E-state index in [0.717, 1.165) is 42.8 Å². The molecule has 7 heteroatoms. The number of aryl methyl sites for hydroxylation is 2. The summed E-state index contributed by atoms with van der Waals surface area (Å²) in [7, 11) is 0. The monoisotopic (exact) mass is 379 g/mol. The van der Waals surface area contributed by atoms with Crippen molar-refractivity contribution in [1.29, 1.82) is 0 Å². The fraction of sp³-hybridized carbons (Fsp3) is 0.474. The van der Waals surface area contributed by atoms with Gasteiger partial charge in [0, 0.05) is 44.5 Å². The summed E-state index contributed by atoms with van der Waals surface area (Å²) >= 11 is 1.70. The molecule has 140 valence electrons. The number of carbonyl (C=O) groups is 1. The Morgan fingerprint density at radius 1 is 1.19 bits per heavy atom. The normalized spacial score (nSPS) is 15.4. The number of piperazine rings is 1. The molecular formula is C19H23F2N3OS. The maximum absolute atomic E-state index is 13.2. The van der Waals surface area contributed by atoms with E-state index < -0.39 is 11.6 Å². The lowest BCUT2D eigenvalue weighted by molar-refractivity contribution is -0.133. The van der Waals surface area contributed by atoms with Crippen molar-refractivity contribution in [2.45, 2.75) is 32.7 Å². The topological polar surface area (TPSA) is 36.4 Å². The summed E-state index contributed by atoms with van der Waals surface area (Å²) in [6.07, 6.45) is 1.71. The van der Waals surface area contributed by atoms with Crippen LogP contribution >= 0.6 is 11.3 Å². The van der Waals surface area contributed by atoms with Gasteiger partial charge in [0.2, 0.25) is 5.91 Å². The quantitative estimate of drug-likeness (QED) is 0.773. The van der Waals surface area contributed by atoms with E-state index >= 15 is 0 Å². The lowest BCUT2D eigenvalue weighted by atomic mass is 10.1. The van der Waals surface area contributed by atoms with Crippen LogP contribution in [-0.4, -0.2) is 46.9 Å². The molecule has 1 saturated heterocycles. The van der Waals surface area contributed by atoms with Crippen molar-refractivity contribution in [3.63, 3.8) is 0 Å². The third-order valence-electron chi connectivity index (χ3n) is 4.62. The van der Waals surface area contributed by atoms with Crippen molar-refractivity contribution in [3.05, 3.63) is 51.5 Å². The summed E-state index contributed by atoms with van der Waals surface area (Å²) in [5.41, 5.74) is 1.75. The second kappa shape index (κ2) is 8.68. The Morgan fingerprint density at radius 3 is 2.62 bits per heavy atom. The van der Waals surface area contributed by atoms with E-state index in [2.05, 4.69) is 22.2 Å². The molecule has 1 aliphatic heterocycles. The zero-order valence-electron chi connectivity index (χ0n) is 14.9. The third kappa shape index (κ3) is 4.86. The van der Waals surface area contributed by atoms with Gasteiger partial charge >= 0.3 is 0 Å². The Balaban J connectivity index is 1.43. The van der Waals surface area contributed by atoms with Crippen LogP contribution in [0.3, 0.4) is 0 Å². The number of amides is 1. The van der Waals surface area contributed by atoms with Gasteiger partial charge in [-0.3, -0.25) is 9.69 Å². The number of hydrogen-bond donors (Lipinski definition) is 0. The van der Waals surface area contributed by atoms with Gasteiger partial charge in [0.05, 0.1) is 10.7 Å². The molecule has 1 aliphatic rings. The van der Waals surface area contributed by atoms with E-state index in [-0.39, 0.29) is 5.91 Å². The molecule has 0 radical (unpaired) electrons. The van der Waals surface area contributed by atoms with Crippen LogP contribution in [0, 0.1) is 11.6 Å². The van der Waals surface area contributed by atoms with Crippen molar-refractivity contribution in [2.24, 2.45) is 0 Å². The molecule has 1 amide bonds. The molecule has 3 rings (SSSR count). The first kappa shape index (κ1) is 18.9. The number of aromatic nitrogens is 1. The lowest BCUT2D eigenvalue weighted by Crippen LogP contribution is -2.48. The van der Waals surface area contributed by atoms with Crippen LogP contribution in [0.4, 0.5) is 8.78 Å². The fourth-order valence-corrected chi connectivity index (χ4v) is 3.81. The van der Waals surface area contributed by atoms with Crippen LogP contribution in [0.5, 0.6) is 0 Å². The van der Waals surface area contributed by atoms with Gasteiger partial charge in [-0.2, -0.15) is 0 Å². The molecule has 0 aliphatic carbocycles. The zero-order chi connectivity index (χ0) is 18.5. The number of hydrogen-bond acceptors (Lipinski definition) is 4. The Kier molecular flexibility index (Phi) is 6.32. The van der Waals surface area contributed by atoms with Crippen LogP contribution in [0.1, 0.15) is 29.6 Å². The molecule has 2 heterocycles. The van der Waals surface area contributed by atoms with Crippen LogP contribution in [0.25, 0.3) is 0 Å². The summed E-state index contributed by atoms with van der Waals surface area (Å²) in [6, 6.07) is 3.80. The standard InChI is InChI=1S/C19H23F2N3OS/c1-2-18-22-15(13-26-18)12-23-7-9-24(10-8-23)19(25)6-4-14-3-5-16(20)17(21)11-14/h3,5,11,13H,2,4,6-10,12H2,1H3. The molecule has 0 N–H and O–H groups in total. The highest BCUT2D eigenvalue weighted by molar-refractivity contribution is 7.09. The third-order valence-corrected chi connectivity index (χ3v) is 5.67. The van der Waals surface area contributed by atoms with Gasteiger partial charge < -0.3 is 4.90 Å². The minimum Gasteiger partial charge on any atom is -0.340 e. The van der Waals surface area contributed by atoms with Gasteiger partial charge in [0.25, 0.3) is 0 Å². The molecular weight excluding hydrogens is 356 g/mol. The number of carbonyl (C=O) groups excluding carboxylic acids is 1. The van der Waals surface area contributed by atoms with E-state index in [4.69, 9.17) is 0 Å². The Labute approximate surface area is 156 Å². The van der Waals surface area contributed by atoms with Gasteiger partial charge in [0.15, 0.2) is 11.6 Å². The minimum atomic E-state index is -0.864. The fourth-order valence-electron chi connectivity index (χ4n) is 3.07. The molecule has 0 spiro atoms. The van der Waals surface area contributed by atoms with Crippen LogP contribution in [-0.2, 0) is 24.2 Å². The predicted octanol–water partition coefficient (Wildman–Crippen LogP) is 3.26. The molecule has 0 bridgehead atoms. The largest absolute Gasteiger partial charge is 0.340 e. The van der Waals surface area contributed by atoms with Crippen LogP contribution in [0.2, 0.25) is 0 Å². The molecule has 1 aromatic carbocycles. The Bertz CT molecular complexity index is 757. The van der Waals surface area contributed by atoms with Gasteiger partial charge in [0.1, 0.15) is 0 Å². The van der Waals surface area contributed by atoms with Gasteiger partial charge in [-0.05, 0) is 30.5 Å². The molecule has 1 fully saturated rings. The predicted molar refractivity (Wildman–Crippen MR) is 98.0 cm³/mol. The van der Waals surface area contributed by atoms with Crippen molar-refractivity contribution in [1.82, 2.24) is 14.8 Å². The molecule has 2 aromatic rings. The van der Waals surface area contributed by atoms with E-state index in [0.29, 0.717) is 31.5 Å². The number of thiazole rings is 1. The average molecular weight is 379 g/mol. The van der Waals surface area contributed by atoms with Crippen LogP contribution < -0.4 is 0 Å². The summed E-state index contributed by atoms with van der Waals surface area (Å²) in [5.74, 6) is -1.66. The molecule has 0 unspecified atom stereocenters. The van der Waals surface area contributed by atoms with Crippen LogP contribution in [0.15, 0.2) is 23.6 Å². The highest BCUT2D eigenvalue weighted by Gasteiger charge is 2.21. The summed E-state index contributed by atoms with van der Waals surface area (Å²) in [6.45, 7) is 5.98. The van der Waals surface area contributed by atoms with Gasteiger partial charge in [-0.1, -0.05) is 13.0 Å². The highest BCUT2D eigenvalue weighted by atomic mass is 32.1. The maximum Gasteiger partial charge on any atom is 0.222 e. The van der Waals surface area contributed by atoms with Crippen molar-refractivity contribution in [3.8, 4) is 0 Å². The smallest absolute Gasteiger partial charge is 0.222 e. The van der Waals surface area contributed by atoms with Gasteiger partial charge in [-0.25, -0.2) is 13.8 Å². The maximum atomic E-state index is 13.2. The van der Waals surface area contributed by atoms with Crippen molar-refractivity contribution in [2.75, 3.05) is 26.2 Å². The highest BCUT2D eigenvalue weighted by Crippen LogP contribution is 2.15. The second-order valence-corrected chi connectivity index (χ2v) is 7.43. The molecule has 26 heavy (non-hydrogen) atoms. The average Bonchev–Trinajstić information content (AvgIpc) is 3.10. The first-order chi connectivity index (χ1) is 12.5. The SMILES string of the molecule is CCc1nc(CN2CCN(C(=O)CCc3ccc(F)c(F)c3)CC2)cs1. The zero-order valence-corrected chi connectivity index (χ0v) is 15.7. The van der Waals surface area contributed by atoms with E-state index in [1.807, 2.05) is 4.90 Å². The number of halogens is 2. The summed E-state index contributed by atoms with van der Waals surface area (Å²) in [5, 5.41) is 3.27.